The minimum Gasteiger partial charge on any atom is -0.381 e. The van der Waals surface area contributed by atoms with Gasteiger partial charge < -0.3 is 5.32 Å². The molecule has 1 aliphatic carbocycles. The lowest BCUT2D eigenvalue weighted by atomic mass is 10.1. The summed E-state index contributed by atoms with van der Waals surface area (Å²) in [6.07, 6.45) is 8.91. The Morgan fingerprint density at radius 1 is 1.59 bits per heavy atom. The molecule has 0 aromatic carbocycles. The predicted octanol–water partition coefficient (Wildman–Crippen LogP) is 2.62. The lowest BCUT2D eigenvalue weighted by molar-refractivity contribution is 0.639. The molecule has 0 atom stereocenters. The highest BCUT2D eigenvalue weighted by Crippen LogP contribution is 2.40. The van der Waals surface area contributed by atoms with Crippen molar-refractivity contribution in [2.45, 2.75) is 30.4 Å². The van der Waals surface area contributed by atoms with Gasteiger partial charge in [-0.25, -0.2) is 5.10 Å². The third kappa shape index (κ3) is 2.85. The number of aromatic nitrogens is 2. The van der Waals surface area contributed by atoms with E-state index in [0.717, 1.165) is 12.2 Å². The number of H-pyrrole nitrogens is 1. The van der Waals surface area contributed by atoms with E-state index >= 15 is 0 Å². The number of nitrogens with zero attached hydrogens (tertiary/aromatic N) is 1. The van der Waals surface area contributed by atoms with Crippen LogP contribution < -0.4 is 10.9 Å². The van der Waals surface area contributed by atoms with E-state index in [4.69, 9.17) is 0 Å². The molecule has 1 aliphatic rings. The van der Waals surface area contributed by atoms with Gasteiger partial charge in [0, 0.05) is 11.3 Å². The first-order valence-corrected chi connectivity index (χ1v) is 7.71. The quantitative estimate of drug-likeness (QED) is 0.896. The molecule has 0 bridgehead atoms. The molecule has 0 saturated heterocycles. The Balaban J connectivity index is 2.06. The summed E-state index contributed by atoms with van der Waals surface area (Å²) in [5.41, 5.74) is 0.577. The highest BCUT2D eigenvalue weighted by Gasteiger charge is 2.32. The molecule has 1 saturated carbocycles. The van der Waals surface area contributed by atoms with Gasteiger partial charge in [0.2, 0.25) is 0 Å². The number of rotatable bonds is 4. The van der Waals surface area contributed by atoms with Crippen LogP contribution in [0.2, 0.25) is 0 Å². The van der Waals surface area contributed by atoms with Crippen LogP contribution in [-0.2, 0) is 0 Å². The van der Waals surface area contributed by atoms with Crippen LogP contribution in [0.5, 0.6) is 0 Å². The molecular formula is C11H16BrN3OS. The molecule has 1 fully saturated rings. The zero-order valence-electron chi connectivity index (χ0n) is 9.75. The second kappa shape index (κ2) is 5.44. The van der Waals surface area contributed by atoms with Gasteiger partial charge >= 0.3 is 0 Å². The Morgan fingerprint density at radius 3 is 2.94 bits per heavy atom. The van der Waals surface area contributed by atoms with E-state index in [2.05, 4.69) is 37.7 Å². The van der Waals surface area contributed by atoms with Crippen molar-refractivity contribution in [1.82, 2.24) is 10.2 Å². The van der Waals surface area contributed by atoms with Gasteiger partial charge in [0.15, 0.2) is 0 Å². The van der Waals surface area contributed by atoms with E-state index in [1.807, 2.05) is 11.8 Å². The monoisotopic (exact) mass is 317 g/mol. The Kier molecular flexibility index (Phi) is 4.14. The van der Waals surface area contributed by atoms with Gasteiger partial charge in [-0.1, -0.05) is 12.8 Å². The van der Waals surface area contributed by atoms with Crippen molar-refractivity contribution in [3.8, 4) is 0 Å². The number of hydrogen-bond donors (Lipinski definition) is 2. The summed E-state index contributed by atoms with van der Waals surface area (Å²) in [5.74, 6) is 0. The van der Waals surface area contributed by atoms with Crippen molar-refractivity contribution in [3.63, 3.8) is 0 Å². The first-order valence-electron chi connectivity index (χ1n) is 5.69. The summed E-state index contributed by atoms with van der Waals surface area (Å²) in [6, 6.07) is 0. The molecule has 2 N–H and O–H groups in total. The number of thioether (sulfide) groups is 1. The number of nitrogens with one attached hydrogen (secondary N) is 2. The van der Waals surface area contributed by atoms with Crippen LogP contribution in [0, 0.1) is 0 Å². The van der Waals surface area contributed by atoms with Crippen molar-refractivity contribution < 1.29 is 0 Å². The Bertz CT molecular complexity index is 443. The zero-order chi connectivity index (χ0) is 12.3. The summed E-state index contributed by atoms with van der Waals surface area (Å²) in [6.45, 7) is 0.887. The average Bonchev–Trinajstić information content (AvgIpc) is 2.81. The fourth-order valence-corrected chi connectivity index (χ4v) is 3.48. The average molecular weight is 318 g/mol. The van der Waals surface area contributed by atoms with E-state index in [1.54, 1.807) is 6.20 Å². The van der Waals surface area contributed by atoms with Crippen LogP contribution >= 0.6 is 27.7 Å². The first kappa shape index (κ1) is 13.0. The minimum atomic E-state index is -0.195. The highest BCUT2D eigenvalue weighted by molar-refractivity contribution is 9.10. The van der Waals surface area contributed by atoms with Gasteiger partial charge in [-0.3, -0.25) is 4.79 Å². The Hall–Kier alpha value is -0.490. The molecule has 6 heteroatoms. The SMILES string of the molecule is CSC1(CNc2cn[nH]c(=O)c2Br)CCCC1. The number of hydrogen-bond acceptors (Lipinski definition) is 4. The van der Waals surface area contributed by atoms with Crippen LogP contribution in [0.3, 0.4) is 0 Å². The largest absolute Gasteiger partial charge is 0.381 e. The molecular weight excluding hydrogens is 302 g/mol. The van der Waals surface area contributed by atoms with E-state index in [-0.39, 0.29) is 5.56 Å². The summed E-state index contributed by atoms with van der Waals surface area (Å²) < 4.78 is 0.851. The molecule has 0 aliphatic heterocycles. The van der Waals surface area contributed by atoms with Gasteiger partial charge in [0.25, 0.3) is 5.56 Å². The molecule has 94 valence electrons. The van der Waals surface area contributed by atoms with Gasteiger partial charge in [0.05, 0.1) is 11.9 Å². The molecule has 1 aromatic heterocycles. The zero-order valence-corrected chi connectivity index (χ0v) is 12.2. The molecule has 0 radical (unpaired) electrons. The molecule has 1 aromatic rings. The molecule has 1 heterocycles. The van der Waals surface area contributed by atoms with Crippen LogP contribution in [0.4, 0.5) is 5.69 Å². The highest BCUT2D eigenvalue weighted by atomic mass is 79.9. The van der Waals surface area contributed by atoms with Gasteiger partial charge in [-0.05, 0) is 35.0 Å². The second-order valence-corrected chi connectivity index (χ2v) is 6.44. The maximum Gasteiger partial charge on any atom is 0.280 e. The summed E-state index contributed by atoms with van der Waals surface area (Å²) >= 11 is 5.20. The maximum atomic E-state index is 11.4. The third-order valence-electron chi connectivity index (χ3n) is 3.34. The number of anilines is 1. The predicted molar refractivity (Wildman–Crippen MR) is 75.8 cm³/mol. The maximum absolute atomic E-state index is 11.4. The summed E-state index contributed by atoms with van der Waals surface area (Å²) in [7, 11) is 0. The van der Waals surface area contributed by atoms with Crippen LogP contribution in [-0.4, -0.2) is 27.7 Å². The van der Waals surface area contributed by atoms with Crippen molar-refractivity contribution in [1.29, 1.82) is 0 Å². The fraction of sp³-hybridized carbons (Fsp3) is 0.636. The van der Waals surface area contributed by atoms with Gasteiger partial charge in [-0.2, -0.15) is 16.9 Å². The molecule has 0 unspecified atom stereocenters. The van der Waals surface area contributed by atoms with Gasteiger partial charge in [-0.15, -0.1) is 0 Å². The van der Waals surface area contributed by atoms with Crippen LogP contribution in [0.15, 0.2) is 15.5 Å². The molecule has 2 rings (SSSR count). The van der Waals surface area contributed by atoms with Crippen molar-refractivity contribution in [3.05, 3.63) is 21.0 Å². The molecule has 0 spiro atoms. The minimum absolute atomic E-state index is 0.195. The van der Waals surface area contributed by atoms with E-state index < -0.39 is 0 Å². The smallest absolute Gasteiger partial charge is 0.280 e. The lowest BCUT2D eigenvalue weighted by Crippen LogP contribution is -2.30. The normalized spacial score (nSPS) is 18.2. The number of halogens is 1. The summed E-state index contributed by atoms with van der Waals surface area (Å²) in [4.78, 5) is 11.4. The van der Waals surface area contributed by atoms with Crippen molar-refractivity contribution >= 4 is 33.4 Å². The van der Waals surface area contributed by atoms with Crippen LogP contribution in [0.25, 0.3) is 0 Å². The van der Waals surface area contributed by atoms with E-state index in [9.17, 15) is 4.79 Å². The molecule has 0 amide bonds. The molecule has 4 nitrogen and oxygen atoms in total. The fourth-order valence-electron chi connectivity index (χ4n) is 2.24. The standard InChI is InChI=1S/C11H16BrN3OS/c1-17-11(4-2-3-5-11)7-13-8-6-14-15-10(16)9(8)12/h6H,2-5,7H2,1H3,(H2,13,15,16). The second-order valence-electron chi connectivity index (χ2n) is 4.37. The van der Waals surface area contributed by atoms with Crippen molar-refractivity contribution in [2.75, 3.05) is 18.1 Å². The van der Waals surface area contributed by atoms with Gasteiger partial charge in [0.1, 0.15) is 4.47 Å². The van der Waals surface area contributed by atoms with E-state index in [1.165, 1.54) is 25.7 Å². The first-order chi connectivity index (χ1) is 8.17. The van der Waals surface area contributed by atoms with Crippen LogP contribution in [0.1, 0.15) is 25.7 Å². The summed E-state index contributed by atoms with van der Waals surface area (Å²) in [5, 5.41) is 9.53. The third-order valence-corrected chi connectivity index (χ3v) is 5.55. The Morgan fingerprint density at radius 2 is 2.29 bits per heavy atom. The topological polar surface area (TPSA) is 57.8 Å². The Labute approximate surface area is 113 Å². The van der Waals surface area contributed by atoms with Crippen molar-refractivity contribution in [2.24, 2.45) is 0 Å². The lowest BCUT2D eigenvalue weighted by Gasteiger charge is -2.27. The number of aromatic amines is 1. The van der Waals surface area contributed by atoms with E-state index in [0.29, 0.717) is 9.22 Å². The molecule has 17 heavy (non-hydrogen) atoms.